The molecule has 1 aliphatic rings. The molecule has 1 fully saturated rings. The summed E-state index contributed by atoms with van der Waals surface area (Å²) >= 11 is 0. The zero-order chi connectivity index (χ0) is 12.0. The minimum atomic E-state index is -0.307. The summed E-state index contributed by atoms with van der Waals surface area (Å²) in [5.74, 6) is -0.222. The molecule has 0 heterocycles. The van der Waals surface area contributed by atoms with Gasteiger partial charge in [0.25, 0.3) is 0 Å². The molecule has 0 saturated heterocycles. The smallest absolute Gasteiger partial charge is 0.322 e. The van der Waals surface area contributed by atoms with Gasteiger partial charge in [-0.3, -0.25) is 9.59 Å². The van der Waals surface area contributed by atoms with Crippen molar-refractivity contribution in [3.05, 3.63) is 0 Å². The summed E-state index contributed by atoms with van der Waals surface area (Å²) in [6, 6.07) is 0.0915. The van der Waals surface area contributed by atoms with Crippen molar-refractivity contribution in [1.29, 1.82) is 0 Å². The second kappa shape index (κ2) is 6.48. The first kappa shape index (κ1) is 13.0. The fourth-order valence-corrected chi connectivity index (χ4v) is 1.42. The lowest BCUT2D eigenvalue weighted by Crippen LogP contribution is -2.39. The molecule has 0 aromatic rings. The average Bonchev–Trinajstić information content (AvgIpc) is 3.07. The van der Waals surface area contributed by atoms with Gasteiger partial charge in [-0.1, -0.05) is 6.92 Å². The average molecular weight is 228 g/mol. The maximum Gasteiger partial charge on any atom is 0.322 e. The number of carbonyl (C=O) groups excluding carboxylic acids is 2. The zero-order valence-corrected chi connectivity index (χ0v) is 9.91. The first-order chi connectivity index (χ1) is 7.67. The lowest BCUT2D eigenvalue weighted by molar-refractivity contribution is -0.143. The first-order valence-electron chi connectivity index (χ1n) is 5.78. The van der Waals surface area contributed by atoms with Gasteiger partial charge in [0.1, 0.15) is 6.04 Å². The summed E-state index contributed by atoms with van der Waals surface area (Å²) in [6.45, 7) is 2.41. The van der Waals surface area contributed by atoms with Gasteiger partial charge in [0.2, 0.25) is 5.91 Å². The van der Waals surface area contributed by atoms with Gasteiger partial charge in [0.05, 0.1) is 7.11 Å². The van der Waals surface area contributed by atoms with Crippen LogP contribution in [-0.2, 0) is 14.3 Å². The van der Waals surface area contributed by atoms with Crippen molar-refractivity contribution in [2.24, 2.45) is 0 Å². The van der Waals surface area contributed by atoms with Crippen LogP contribution in [-0.4, -0.2) is 37.6 Å². The van der Waals surface area contributed by atoms with E-state index in [2.05, 4.69) is 15.4 Å². The van der Waals surface area contributed by atoms with Crippen LogP contribution in [0.4, 0.5) is 0 Å². The molecule has 0 aromatic heterocycles. The minimum absolute atomic E-state index is 0.0507. The predicted octanol–water partition coefficient (Wildman–Crippen LogP) is 0.196. The van der Waals surface area contributed by atoms with Crippen molar-refractivity contribution in [2.45, 2.75) is 44.7 Å². The summed E-state index contributed by atoms with van der Waals surface area (Å²) in [7, 11) is 1.37. The second-order valence-electron chi connectivity index (χ2n) is 4.03. The highest BCUT2D eigenvalue weighted by atomic mass is 16.5. The van der Waals surface area contributed by atoms with E-state index in [1.54, 1.807) is 0 Å². The van der Waals surface area contributed by atoms with Crippen LogP contribution in [0.3, 0.4) is 0 Å². The third-order valence-electron chi connectivity index (χ3n) is 2.58. The fourth-order valence-electron chi connectivity index (χ4n) is 1.42. The van der Waals surface area contributed by atoms with Crippen molar-refractivity contribution in [1.82, 2.24) is 10.6 Å². The topological polar surface area (TPSA) is 67.4 Å². The highest BCUT2D eigenvalue weighted by Crippen LogP contribution is 2.18. The molecule has 5 heteroatoms. The molecule has 2 N–H and O–H groups in total. The van der Waals surface area contributed by atoms with Gasteiger partial charge in [0, 0.05) is 19.0 Å². The normalized spacial score (nSPS) is 16.6. The zero-order valence-electron chi connectivity index (χ0n) is 9.91. The monoisotopic (exact) mass is 228 g/mol. The van der Waals surface area contributed by atoms with E-state index in [4.69, 9.17) is 0 Å². The SMILES string of the molecule is CCC(NCCC(=O)NC1CC1)C(=O)OC. The Morgan fingerprint density at radius 2 is 2.12 bits per heavy atom. The number of carbonyl (C=O) groups is 2. The Balaban J connectivity index is 2.11. The molecule has 16 heavy (non-hydrogen) atoms. The van der Waals surface area contributed by atoms with Crippen LogP contribution in [0.25, 0.3) is 0 Å². The van der Waals surface area contributed by atoms with E-state index in [1.807, 2.05) is 6.92 Å². The molecule has 1 rings (SSSR count). The van der Waals surface area contributed by atoms with Crippen LogP contribution in [0.15, 0.2) is 0 Å². The molecule has 5 nitrogen and oxygen atoms in total. The molecule has 1 saturated carbocycles. The van der Waals surface area contributed by atoms with Gasteiger partial charge in [-0.25, -0.2) is 0 Å². The molecule has 0 aliphatic heterocycles. The highest BCUT2D eigenvalue weighted by Gasteiger charge is 2.23. The molecule has 0 aromatic carbocycles. The molecule has 0 spiro atoms. The summed E-state index contributed by atoms with van der Waals surface area (Å²) < 4.78 is 4.63. The number of ether oxygens (including phenoxy) is 1. The van der Waals surface area contributed by atoms with E-state index in [0.29, 0.717) is 25.4 Å². The Labute approximate surface area is 95.9 Å². The second-order valence-corrected chi connectivity index (χ2v) is 4.03. The molecule has 1 aliphatic carbocycles. The standard InChI is InChI=1S/C11H20N2O3/c1-3-9(11(15)16-2)12-7-6-10(14)13-8-4-5-8/h8-9,12H,3-7H2,1-2H3,(H,13,14). The summed E-state index contributed by atoms with van der Waals surface area (Å²) in [6.07, 6.45) is 3.26. The van der Waals surface area contributed by atoms with Gasteiger partial charge in [-0.2, -0.15) is 0 Å². The van der Waals surface area contributed by atoms with E-state index in [1.165, 1.54) is 7.11 Å². The Kier molecular flexibility index (Phi) is 5.25. The maximum atomic E-state index is 11.3. The van der Waals surface area contributed by atoms with Gasteiger partial charge in [-0.15, -0.1) is 0 Å². The number of hydrogen-bond acceptors (Lipinski definition) is 4. The Morgan fingerprint density at radius 3 is 2.62 bits per heavy atom. The van der Waals surface area contributed by atoms with Gasteiger partial charge < -0.3 is 15.4 Å². The van der Waals surface area contributed by atoms with Crippen molar-refractivity contribution in [3.63, 3.8) is 0 Å². The molecular weight excluding hydrogens is 208 g/mol. The number of rotatable bonds is 7. The summed E-state index contributed by atoms with van der Waals surface area (Å²) in [5, 5.41) is 5.90. The summed E-state index contributed by atoms with van der Waals surface area (Å²) in [5.41, 5.74) is 0. The van der Waals surface area contributed by atoms with Crippen LogP contribution in [0.2, 0.25) is 0 Å². The number of amides is 1. The number of esters is 1. The highest BCUT2D eigenvalue weighted by molar-refractivity contribution is 5.77. The van der Waals surface area contributed by atoms with E-state index in [0.717, 1.165) is 12.8 Å². The molecular formula is C11H20N2O3. The minimum Gasteiger partial charge on any atom is -0.468 e. The largest absolute Gasteiger partial charge is 0.468 e. The van der Waals surface area contributed by atoms with E-state index < -0.39 is 0 Å². The fraction of sp³-hybridized carbons (Fsp3) is 0.818. The third kappa shape index (κ3) is 4.61. The van der Waals surface area contributed by atoms with Crippen LogP contribution in [0.1, 0.15) is 32.6 Å². The Bertz CT molecular complexity index is 252. The quantitative estimate of drug-likeness (QED) is 0.611. The van der Waals surface area contributed by atoms with Crippen LogP contribution >= 0.6 is 0 Å². The van der Waals surface area contributed by atoms with Gasteiger partial charge in [-0.05, 0) is 19.3 Å². The Hall–Kier alpha value is -1.10. The van der Waals surface area contributed by atoms with Crippen molar-refractivity contribution >= 4 is 11.9 Å². The van der Waals surface area contributed by atoms with E-state index in [9.17, 15) is 9.59 Å². The maximum absolute atomic E-state index is 11.3. The van der Waals surface area contributed by atoms with E-state index in [-0.39, 0.29) is 17.9 Å². The molecule has 1 atom stereocenters. The molecule has 92 valence electrons. The first-order valence-corrected chi connectivity index (χ1v) is 5.78. The summed E-state index contributed by atoms with van der Waals surface area (Å²) in [4.78, 5) is 22.6. The molecule has 0 bridgehead atoms. The van der Waals surface area contributed by atoms with Crippen LogP contribution in [0, 0.1) is 0 Å². The van der Waals surface area contributed by atoms with Crippen LogP contribution < -0.4 is 10.6 Å². The molecule has 1 amide bonds. The lowest BCUT2D eigenvalue weighted by atomic mass is 10.2. The van der Waals surface area contributed by atoms with Crippen molar-refractivity contribution in [3.8, 4) is 0 Å². The van der Waals surface area contributed by atoms with Crippen molar-refractivity contribution < 1.29 is 14.3 Å². The number of nitrogens with one attached hydrogen (secondary N) is 2. The van der Waals surface area contributed by atoms with Gasteiger partial charge in [0.15, 0.2) is 0 Å². The molecule has 1 unspecified atom stereocenters. The number of hydrogen-bond donors (Lipinski definition) is 2. The Morgan fingerprint density at radius 1 is 1.44 bits per heavy atom. The lowest BCUT2D eigenvalue weighted by Gasteiger charge is -2.13. The molecule has 0 radical (unpaired) electrons. The van der Waals surface area contributed by atoms with Gasteiger partial charge >= 0.3 is 5.97 Å². The van der Waals surface area contributed by atoms with E-state index >= 15 is 0 Å². The van der Waals surface area contributed by atoms with Crippen LogP contribution in [0.5, 0.6) is 0 Å². The van der Waals surface area contributed by atoms with Crippen molar-refractivity contribution in [2.75, 3.05) is 13.7 Å². The predicted molar refractivity (Wildman–Crippen MR) is 59.9 cm³/mol. The third-order valence-corrected chi connectivity index (χ3v) is 2.58. The number of methoxy groups -OCH3 is 1.